The zero-order valence-corrected chi connectivity index (χ0v) is 18.7. The maximum atomic E-state index is 12.7. The highest BCUT2D eigenvalue weighted by molar-refractivity contribution is 9.10. The fourth-order valence-corrected chi connectivity index (χ4v) is 6.32. The van der Waals surface area contributed by atoms with Gasteiger partial charge in [0.05, 0.1) is 11.3 Å². The molecule has 0 N–H and O–H groups in total. The van der Waals surface area contributed by atoms with Gasteiger partial charge in [-0.3, -0.25) is 4.90 Å². The third-order valence-corrected chi connectivity index (χ3v) is 7.67. The van der Waals surface area contributed by atoms with Crippen molar-refractivity contribution in [3.05, 3.63) is 106 Å². The van der Waals surface area contributed by atoms with Gasteiger partial charge < -0.3 is 0 Å². The van der Waals surface area contributed by atoms with Crippen LogP contribution in [0.15, 0.2) is 89.4 Å². The molecule has 1 heterocycles. The van der Waals surface area contributed by atoms with E-state index >= 15 is 0 Å². The van der Waals surface area contributed by atoms with Gasteiger partial charge in [0.25, 0.3) is 0 Å². The average molecular weight is 470 g/mol. The van der Waals surface area contributed by atoms with Gasteiger partial charge in [-0.1, -0.05) is 88.7 Å². The number of benzene rings is 3. The zero-order chi connectivity index (χ0) is 20.4. The first kappa shape index (κ1) is 20.3. The number of halogens is 1. The molecule has 1 saturated heterocycles. The van der Waals surface area contributed by atoms with Crippen molar-refractivity contribution in [1.82, 2.24) is 4.90 Å². The molecule has 0 aromatic heterocycles. The molecule has 0 saturated carbocycles. The van der Waals surface area contributed by atoms with Gasteiger partial charge in [-0.05, 0) is 28.8 Å². The number of sulfone groups is 1. The summed E-state index contributed by atoms with van der Waals surface area (Å²) in [4.78, 5) is 2.38. The highest BCUT2D eigenvalue weighted by Gasteiger charge is 2.42. The predicted octanol–water partition coefficient (Wildman–Crippen LogP) is 5.26. The molecule has 150 valence electrons. The van der Waals surface area contributed by atoms with E-state index in [1.54, 1.807) is 0 Å². The summed E-state index contributed by atoms with van der Waals surface area (Å²) < 4.78 is 26.2. The third-order valence-electron chi connectivity index (χ3n) is 5.60. The summed E-state index contributed by atoms with van der Waals surface area (Å²) in [5.41, 5.74) is 3.33. The molecule has 4 rings (SSSR count). The van der Waals surface area contributed by atoms with E-state index in [0.717, 1.165) is 23.1 Å². The van der Waals surface area contributed by atoms with Crippen LogP contribution in [0.5, 0.6) is 0 Å². The second-order valence-corrected chi connectivity index (χ2v) is 10.8. The lowest BCUT2D eigenvalue weighted by Gasteiger charge is -2.47. The topological polar surface area (TPSA) is 37.4 Å². The summed E-state index contributed by atoms with van der Waals surface area (Å²) in [6.45, 7) is 1.50. The molecule has 1 unspecified atom stereocenters. The number of hydrogen-bond donors (Lipinski definition) is 0. The van der Waals surface area contributed by atoms with E-state index < -0.39 is 15.1 Å². The molecule has 29 heavy (non-hydrogen) atoms. The highest BCUT2D eigenvalue weighted by atomic mass is 79.9. The fourth-order valence-electron chi connectivity index (χ4n) is 4.39. The Morgan fingerprint density at radius 3 is 1.83 bits per heavy atom. The minimum atomic E-state index is -3.22. The van der Waals surface area contributed by atoms with E-state index in [1.165, 1.54) is 17.4 Å². The molecule has 3 aromatic rings. The number of nitrogens with zero attached hydrogens (tertiary/aromatic N) is 1. The summed E-state index contributed by atoms with van der Waals surface area (Å²) in [5.74, 6) is 0.0780. The summed E-state index contributed by atoms with van der Waals surface area (Å²) >= 11 is 3.48. The van der Waals surface area contributed by atoms with E-state index in [2.05, 4.69) is 69.4 Å². The van der Waals surface area contributed by atoms with E-state index in [0.29, 0.717) is 0 Å². The van der Waals surface area contributed by atoms with Crippen molar-refractivity contribution in [3.8, 4) is 0 Å². The first-order chi connectivity index (χ1) is 13.9. The van der Waals surface area contributed by atoms with Crippen LogP contribution in [0, 0.1) is 5.92 Å². The van der Waals surface area contributed by atoms with Crippen LogP contribution in [-0.2, 0) is 9.84 Å². The SMILES string of the molecule is CS(=O)(=O)C(c1cccc(Br)c1)C1CN(C(c2ccccc2)c2ccccc2)C1. The molecule has 0 amide bonds. The van der Waals surface area contributed by atoms with Gasteiger partial charge in [0.2, 0.25) is 0 Å². The van der Waals surface area contributed by atoms with Gasteiger partial charge in [-0.15, -0.1) is 0 Å². The molecule has 0 spiro atoms. The zero-order valence-electron chi connectivity index (χ0n) is 16.3. The van der Waals surface area contributed by atoms with Crippen LogP contribution in [0.1, 0.15) is 28.0 Å². The molecule has 1 aliphatic rings. The van der Waals surface area contributed by atoms with Crippen molar-refractivity contribution in [3.63, 3.8) is 0 Å². The molecule has 3 aromatic carbocycles. The smallest absolute Gasteiger partial charge is 0.154 e. The molecule has 3 nitrogen and oxygen atoms in total. The Labute approximate surface area is 181 Å². The van der Waals surface area contributed by atoms with Gasteiger partial charge in [0.15, 0.2) is 9.84 Å². The van der Waals surface area contributed by atoms with Crippen LogP contribution in [0.3, 0.4) is 0 Å². The first-order valence-corrected chi connectivity index (χ1v) is 12.5. The van der Waals surface area contributed by atoms with E-state index in [-0.39, 0.29) is 12.0 Å². The predicted molar refractivity (Wildman–Crippen MR) is 122 cm³/mol. The molecular formula is C24H24BrNO2S. The lowest BCUT2D eigenvalue weighted by Crippen LogP contribution is -2.52. The van der Waals surface area contributed by atoms with Crippen LogP contribution in [0.4, 0.5) is 0 Å². The lowest BCUT2D eigenvalue weighted by molar-refractivity contribution is 0.0655. The highest BCUT2D eigenvalue weighted by Crippen LogP contribution is 2.42. The van der Waals surface area contributed by atoms with Crippen LogP contribution in [-0.4, -0.2) is 32.7 Å². The molecular weight excluding hydrogens is 446 g/mol. The Morgan fingerprint density at radius 2 is 1.34 bits per heavy atom. The third kappa shape index (κ3) is 4.47. The van der Waals surface area contributed by atoms with Gasteiger partial charge in [-0.25, -0.2) is 8.42 Å². The summed E-state index contributed by atoms with van der Waals surface area (Å²) in [7, 11) is -3.22. The summed E-state index contributed by atoms with van der Waals surface area (Å²) in [6, 6.07) is 28.7. The average Bonchev–Trinajstić information content (AvgIpc) is 2.67. The first-order valence-electron chi connectivity index (χ1n) is 9.72. The number of likely N-dealkylation sites (tertiary alicyclic amines) is 1. The molecule has 0 radical (unpaired) electrons. The van der Waals surface area contributed by atoms with E-state index in [4.69, 9.17) is 0 Å². The molecule has 5 heteroatoms. The number of rotatable bonds is 6. The largest absolute Gasteiger partial charge is 0.292 e. The van der Waals surface area contributed by atoms with Gasteiger partial charge in [0.1, 0.15) is 0 Å². The second-order valence-electron chi connectivity index (χ2n) is 7.74. The van der Waals surface area contributed by atoms with Crippen LogP contribution in [0.25, 0.3) is 0 Å². The molecule has 1 atom stereocenters. The Kier molecular flexibility index (Phi) is 5.91. The van der Waals surface area contributed by atoms with Crippen molar-refractivity contribution >= 4 is 25.8 Å². The van der Waals surface area contributed by atoms with Crippen molar-refractivity contribution in [2.45, 2.75) is 11.3 Å². The molecule has 0 aliphatic carbocycles. The maximum absolute atomic E-state index is 12.7. The molecule has 1 aliphatic heterocycles. The van der Waals surface area contributed by atoms with E-state index in [9.17, 15) is 8.42 Å². The van der Waals surface area contributed by atoms with Crippen LogP contribution >= 0.6 is 15.9 Å². The Morgan fingerprint density at radius 1 is 0.828 bits per heavy atom. The standard InChI is InChI=1S/C24H24BrNO2S/c1-29(27,28)24(20-13-8-14-22(25)15-20)21-16-26(17-21)23(18-9-4-2-5-10-18)19-11-6-3-7-12-19/h2-15,21,23-24H,16-17H2,1H3. The maximum Gasteiger partial charge on any atom is 0.154 e. The Balaban J connectivity index is 1.62. The number of hydrogen-bond acceptors (Lipinski definition) is 3. The van der Waals surface area contributed by atoms with Crippen molar-refractivity contribution < 1.29 is 8.42 Å². The minimum absolute atomic E-state index is 0.0780. The molecule has 0 bridgehead atoms. The minimum Gasteiger partial charge on any atom is -0.292 e. The van der Waals surface area contributed by atoms with E-state index in [1.807, 2.05) is 36.4 Å². The summed E-state index contributed by atoms with van der Waals surface area (Å²) in [5, 5.41) is -0.483. The van der Waals surface area contributed by atoms with Crippen LogP contribution < -0.4 is 0 Å². The fraction of sp³-hybridized carbons (Fsp3) is 0.250. The molecule has 1 fully saturated rings. The van der Waals surface area contributed by atoms with Crippen molar-refractivity contribution in [1.29, 1.82) is 0 Å². The Hall–Kier alpha value is -1.95. The van der Waals surface area contributed by atoms with Gasteiger partial charge in [-0.2, -0.15) is 0 Å². The quantitative estimate of drug-likeness (QED) is 0.494. The van der Waals surface area contributed by atoms with Gasteiger partial charge in [0, 0.05) is 29.7 Å². The Bertz CT molecular complexity index is 1020. The monoisotopic (exact) mass is 469 g/mol. The summed E-state index contributed by atoms with van der Waals surface area (Å²) in [6.07, 6.45) is 1.35. The van der Waals surface area contributed by atoms with Crippen LogP contribution in [0.2, 0.25) is 0 Å². The second kappa shape index (κ2) is 8.42. The normalized spacial score (nSPS) is 16.5. The van der Waals surface area contributed by atoms with Crippen molar-refractivity contribution in [2.75, 3.05) is 19.3 Å². The lowest BCUT2D eigenvalue weighted by atomic mass is 9.86. The van der Waals surface area contributed by atoms with Crippen molar-refractivity contribution in [2.24, 2.45) is 5.92 Å². The van der Waals surface area contributed by atoms with Gasteiger partial charge >= 0.3 is 0 Å².